The summed E-state index contributed by atoms with van der Waals surface area (Å²) >= 11 is 0. The van der Waals surface area contributed by atoms with E-state index in [1.807, 2.05) is 12.1 Å². The van der Waals surface area contributed by atoms with Crippen LogP contribution >= 0.6 is 0 Å². The Morgan fingerprint density at radius 3 is 3.00 bits per heavy atom. The van der Waals surface area contributed by atoms with Crippen molar-refractivity contribution in [1.82, 2.24) is 10.3 Å². The summed E-state index contributed by atoms with van der Waals surface area (Å²) in [5, 5.41) is 3.37. The van der Waals surface area contributed by atoms with Crippen molar-refractivity contribution in [2.45, 2.75) is 39.8 Å². The molecular formula is C13H18N2O. The molecule has 1 atom stereocenters. The molecule has 0 aliphatic rings. The van der Waals surface area contributed by atoms with Crippen LogP contribution in [0.4, 0.5) is 0 Å². The summed E-state index contributed by atoms with van der Waals surface area (Å²) in [6.07, 6.45) is 1.11. The molecule has 0 saturated carbocycles. The van der Waals surface area contributed by atoms with Crippen LogP contribution < -0.4 is 5.32 Å². The Bertz CT molecular complexity index is 476. The van der Waals surface area contributed by atoms with Crippen molar-refractivity contribution < 1.29 is 4.42 Å². The van der Waals surface area contributed by atoms with Gasteiger partial charge in [-0.2, -0.15) is 0 Å². The van der Waals surface area contributed by atoms with Crippen molar-refractivity contribution in [2.75, 3.05) is 0 Å². The van der Waals surface area contributed by atoms with Gasteiger partial charge >= 0.3 is 0 Å². The minimum absolute atomic E-state index is 0.497. The number of aromatic nitrogens is 1. The molecule has 2 rings (SSSR count). The summed E-state index contributed by atoms with van der Waals surface area (Å²) < 4.78 is 5.67. The Morgan fingerprint density at radius 2 is 2.25 bits per heavy atom. The van der Waals surface area contributed by atoms with Gasteiger partial charge in [0.05, 0.1) is 6.54 Å². The lowest BCUT2D eigenvalue weighted by Gasteiger charge is -2.07. The maximum Gasteiger partial charge on any atom is 0.209 e. The van der Waals surface area contributed by atoms with E-state index >= 15 is 0 Å². The number of nitrogens with one attached hydrogen (secondary N) is 1. The second kappa shape index (κ2) is 4.66. The largest absolute Gasteiger partial charge is 0.439 e. The molecule has 0 saturated heterocycles. The van der Waals surface area contributed by atoms with Gasteiger partial charge in [0.25, 0.3) is 0 Å². The zero-order valence-electron chi connectivity index (χ0n) is 10.1. The van der Waals surface area contributed by atoms with Gasteiger partial charge in [-0.15, -0.1) is 0 Å². The molecule has 1 aromatic carbocycles. The lowest BCUT2D eigenvalue weighted by atomic mass is 10.2. The molecule has 0 fully saturated rings. The van der Waals surface area contributed by atoms with Crippen LogP contribution in [0, 0.1) is 6.92 Å². The van der Waals surface area contributed by atoms with Crippen LogP contribution in [0.2, 0.25) is 0 Å². The molecule has 1 aromatic heterocycles. The SMILES string of the molecule is CCC(C)NCc1nc2ccc(C)cc2o1. The highest BCUT2D eigenvalue weighted by Crippen LogP contribution is 2.16. The van der Waals surface area contributed by atoms with Gasteiger partial charge in [0.1, 0.15) is 5.52 Å². The molecule has 86 valence electrons. The van der Waals surface area contributed by atoms with Crippen molar-refractivity contribution in [3.05, 3.63) is 29.7 Å². The van der Waals surface area contributed by atoms with E-state index in [0.29, 0.717) is 12.6 Å². The fourth-order valence-corrected chi connectivity index (χ4v) is 1.56. The molecule has 2 aromatic rings. The lowest BCUT2D eigenvalue weighted by molar-refractivity contribution is 0.455. The summed E-state index contributed by atoms with van der Waals surface area (Å²) in [4.78, 5) is 4.43. The number of aryl methyl sites for hydroxylation is 1. The van der Waals surface area contributed by atoms with Crippen molar-refractivity contribution in [2.24, 2.45) is 0 Å². The van der Waals surface area contributed by atoms with Gasteiger partial charge in [-0.3, -0.25) is 0 Å². The summed E-state index contributed by atoms with van der Waals surface area (Å²) in [6.45, 7) is 7.07. The molecule has 0 spiro atoms. The van der Waals surface area contributed by atoms with Gasteiger partial charge in [0.15, 0.2) is 5.58 Å². The molecule has 0 amide bonds. The zero-order valence-corrected chi connectivity index (χ0v) is 10.1. The predicted molar refractivity (Wildman–Crippen MR) is 65.3 cm³/mol. The molecule has 0 bridgehead atoms. The van der Waals surface area contributed by atoms with E-state index in [4.69, 9.17) is 4.42 Å². The highest BCUT2D eigenvalue weighted by atomic mass is 16.3. The van der Waals surface area contributed by atoms with Crippen molar-refractivity contribution in [1.29, 1.82) is 0 Å². The molecule has 3 nitrogen and oxygen atoms in total. The van der Waals surface area contributed by atoms with Crippen LogP contribution in [-0.2, 0) is 6.54 Å². The Balaban J connectivity index is 2.13. The second-order valence-corrected chi connectivity index (χ2v) is 4.27. The van der Waals surface area contributed by atoms with E-state index in [1.54, 1.807) is 0 Å². The normalized spacial score (nSPS) is 13.2. The predicted octanol–water partition coefficient (Wildman–Crippen LogP) is 3.02. The zero-order chi connectivity index (χ0) is 11.5. The van der Waals surface area contributed by atoms with Crippen LogP contribution in [-0.4, -0.2) is 11.0 Å². The van der Waals surface area contributed by atoms with Crippen LogP contribution in [0.1, 0.15) is 31.7 Å². The number of nitrogens with zero attached hydrogens (tertiary/aromatic N) is 1. The van der Waals surface area contributed by atoms with Gasteiger partial charge in [0.2, 0.25) is 5.89 Å². The van der Waals surface area contributed by atoms with E-state index in [-0.39, 0.29) is 0 Å². The van der Waals surface area contributed by atoms with Crippen molar-refractivity contribution >= 4 is 11.1 Å². The Labute approximate surface area is 95.9 Å². The standard InChI is InChI=1S/C13H18N2O/c1-4-10(3)14-8-13-15-11-6-5-9(2)7-12(11)16-13/h5-7,10,14H,4,8H2,1-3H3. The monoisotopic (exact) mass is 218 g/mol. The number of fused-ring (bicyclic) bond motifs is 1. The number of rotatable bonds is 4. The average Bonchev–Trinajstić information content (AvgIpc) is 2.67. The molecule has 1 heterocycles. The Hall–Kier alpha value is -1.35. The van der Waals surface area contributed by atoms with Crippen LogP contribution in [0.25, 0.3) is 11.1 Å². The summed E-state index contributed by atoms with van der Waals surface area (Å²) in [5.41, 5.74) is 3.01. The molecule has 1 unspecified atom stereocenters. The quantitative estimate of drug-likeness (QED) is 0.857. The molecular weight excluding hydrogens is 200 g/mol. The third-order valence-corrected chi connectivity index (χ3v) is 2.80. The highest BCUT2D eigenvalue weighted by Gasteiger charge is 2.06. The van der Waals surface area contributed by atoms with Crippen LogP contribution in [0.3, 0.4) is 0 Å². The first-order valence-corrected chi connectivity index (χ1v) is 5.78. The summed E-state index contributed by atoms with van der Waals surface area (Å²) in [7, 11) is 0. The molecule has 16 heavy (non-hydrogen) atoms. The van der Waals surface area contributed by atoms with Crippen molar-refractivity contribution in [3.63, 3.8) is 0 Å². The third-order valence-electron chi connectivity index (χ3n) is 2.80. The smallest absolute Gasteiger partial charge is 0.209 e. The second-order valence-electron chi connectivity index (χ2n) is 4.27. The minimum Gasteiger partial charge on any atom is -0.439 e. The highest BCUT2D eigenvalue weighted by molar-refractivity contribution is 5.73. The maximum atomic E-state index is 5.67. The Kier molecular flexibility index (Phi) is 3.25. The van der Waals surface area contributed by atoms with Crippen LogP contribution in [0.5, 0.6) is 0 Å². The molecule has 0 aliphatic carbocycles. The number of oxazole rings is 1. The van der Waals surface area contributed by atoms with Crippen molar-refractivity contribution in [3.8, 4) is 0 Å². The fraction of sp³-hybridized carbons (Fsp3) is 0.462. The Morgan fingerprint density at radius 1 is 1.44 bits per heavy atom. The van der Waals surface area contributed by atoms with Gasteiger partial charge in [0, 0.05) is 6.04 Å². The third kappa shape index (κ3) is 2.42. The van der Waals surface area contributed by atoms with Gasteiger partial charge in [-0.25, -0.2) is 4.98 Å². The molecule has 3 heteroatoms. The first-order valence-electron chi connectivity index (χ1n) is 5.78. The topological polar surface area (TPSA) is 38.1 Å². The summed E-state index contributed by atoms with van der Waals surface area (Å²) in [6, 6.07) is 6.57. The number of hydrogen-bond donors (Lipinski definition) is 1. The van der Waals surface area contributed by atoms with E-state index in [2.05, 4.69) is 37.1 Å². The fourth-order valence-electron chi connectivity index (χ4n) is 1.56. The number of benzene rings is 1. The van der Waals surface area contributed by atoms with Gasteiger partial charge in [-0.1, -0.05) is 13.0 Å². The van der Waals surface area contributed by atoms with Gasteiger partial charge < -0.3 is 9.73 Å². The first kappa shape index (κ1) is 11.1. The molecule has 0 aliphatic heterocycles. The minimum atomic E-state index is 0.497. The average molecular weight is 218 g/mol. The van der Waals surface area contributed by atoms with E-state index in [1.165, 1.54) is 5.56 Å². The molecule has 0 radical (unpaired) electrons. The van der Waals surface area contributed by atoms with E-state index < -0.39 is 0 Å². The molecule has 1 N–H and O–H groups in total. The first-order chi connectivity index (χ1) is 7.69. The summed E-state index contributed by atoms with van der Waals surface area (Å²) in [5.74, 6) is 0.765. The lowest BCUT2D eigenvalue weighted by Crippen LogP contribution is -2.24. The number of hydrogen-bond acceptors (Lipinski definition) is 3. The van der Waals surface area contributed by atoms with Crippen LogP contribution in [0.15, 0.2) is 22.6 Å². The van der Waals surface area contributed by atoms with Gasteiger partial charge in [-0.05, 0) is 38.0 Å². The van der Waals surface area contributed by atoms with E-state index in [0.717, 1.165) is 23.4 Å². The van der Waals surface area contributed by atoms with E-state index in [9.17, 15) is 0 Å². The maximum absolute atomic E-state index is 5.67.